The van der Waals surface area contributed by atoms with Crippen LogP contribution in [0.3, 0.4) is 0 Å². The summed E-state index contributed by atoms with van der Waals surface area (Å²) in [6.07, 6.45) is -3.04. The first kappa shape index (κ1) is 21.6. The van der Waals surface area contributed by atoms with E-state index < -0.39 is 11.9 Å². The first-order chi connectivity index (χ1) is 15.3. The minimum atomic E-state index is -4.62. The third-order valence-electron chi connectivity index (χ3n) is 4.81. The Labute approximate surface area is 186 Å². The van der Waals surface area contributed by atoms with Crippen LogP contribution in [0.25, 0.3) is 16.9 Å². The van der Waals surface area contributed by atoms with Gasteiger partial charge in [0, 0.05) is 24.4 Å². The van der Waals surface area contributed by atoms with E-state index in [9.17, 15) is 18.0 Å². The molecule has 0 atom stereocenters. The second kappa shape index (κ2) is 8.47. The normalized spacial score (nSPS) is 11.4. The summed E-state index contributed by atoms with van der Waals surface area (Å²) < 4.78 is 41.3. The fourth-order valence-corrected chi connectivity index (χ4v) is 3.38. The summed E-state index contributed by atoms with van der Waals surface area (Å²) in [4.78, 5) is 18.3. The molecule has 2 heterocycles. The SMILES string of the molecule is CN(C(=O)c1ccc(-c2cc(C(F)(F)F)nn2-c2ccccc2Cl)cc1)c1ccccn1. The van der Waals surface area contributed by atoms with Crippen LogP contribution in [-0.4, -0.2) is 27.7 Å². The average Bonchev–Trinajstić information content (AvgIpc) is 3.25. The van der Waals surface area contributed by atoms with Crippen LogP contribution in [0.1, 0.15) is 16.1 Å². The fraction of sp³-hybridized carbons (Fsp3) is 0.0870. The first-order valence-electron chi connectivity index (χ1n) is 9.47. The monoisotopic (exact) mass is 456 g/mol. The van der Waals surface area contributed by atoms with Crippen molar-refractivity contribution in [1.29, 1.82) is 0 Å². The van der Waals surface area contributed by atoms with Crippen LogP contribution in [0.2, 0.25) is 5.02 Å². The lowest BCUT2D eigenvalue weighted by Gasteiger charge is -2.16. The quantitative estimate of drug-likeness (QED) is 0.385. The number of aromatic nitrogens is 3. The predicted molar refractivity (Wildman–Crippen MR) is 116 cm³/mol. The molecule has 0 fully saturated rings. The van der Waals surface area contributed by atoms with Gasteiger partial charge in [0.1, 0.15) is 5.82 Å². The minimum absolute atomic E-state index is 0.197. The van der Waals surface area contributed by atoms with Gasteiger partial charge in [-0.2, -0.15) is 18.3 Å². The highest BCUT2D eigenvalue weighted by Gasteiger charge is 2.35. The van der Waals surface area contributed by atoms with E-state index in [-0.39, 0.29) is 16.6 Å². The van der Waals surface area contributed by atoms with E-state index in [2.05, 4.69) is 10.1 Å². The highest BCUT2D eigenvalue weighted by atomic mass is 35.5. The number of alkyl halides is 3. The number of rotatable bonds is 4. The molecule has 0 aliphatic heterocycles. The summed E-state index contributed by atoms with van der Waals surface area (Å²) in [5, 5.41) is 4.00. The van der Waals surface area contributed by atoms with Crippen molar-refractivity contribution in [3.05, 3.63) is 95.3 Å². The van der Waals surface area contributed by atoms with Crippen LogP contribution in [0.4, 0.5) is 19.0 Å². The molecular formula is C23H16ClF3N4O. The lowest BCUT2D eigenvalue weighted by molar-refractivity contribution is -0.141. The van der Waals surface area contributed by atoms with Gasteiger partial charge in [0.15, 0.2) is 5.69 Å². The van der Waals surface area contributed by atoms with Crippen LogP contribution in [0, 0.1) is 0 Å². The lowest BCUT2D eigenvalue weighted by atomic mass is 10.1. The molecule has 0 aliphatic rings. The Bertz CT molecular complexity index is 1250. The zero-order valence-corrected chi connectivity index (χ0v) is 17.5. The van der Waals surface area contributed by atoms with Gasteiger partial charge >= 0.3 is 6.18 Å². The van der Waals surface area contributed by atoms with Crippen molar-refractivity contribution >= 4 is 23.3 Å². The highest BCUT2D eigenvalue weighted by molar-refractivity contribution is 6.32. The molecule has 0 spiro atoms. The van der Waals surface area contributed by atoms with Gasteiger partial charge in [0.25, 0.3) is 5.91 Å². The van der Waals surface area contributed by atoms with Gasteiger partial charge in [0.05, 0.1) is 16.4 Å². The summed E-state index contributed by atoms with van der Waals surface area (Å²) in [5.41, 5.74) is 0.284. The van der Waals surface area contributed by atoms with E-state index in [4.69, 9.17) is 11.6 Å². The molecule has 5 nitrogen and oxygen atoms in total. The molecule has 0 saturated heterocycles. The maximum absolute atomic E-state index is 13.4. The van der Waals surface area contributed by atoms with Crippen molar-refractivity contribution in [3.8, 4) is 16.9 Å². The Kier molecular flexibility index (Phi) is 5.71. The van der Waals surface area contributed by atoms with Crippen molar-refractivity contribution in [2.45, 2.75) is 6.18 Å². The number of carbonyl (C=O) groups excluding carboxylic acids is 1. The van der Waals surface area contributed by atoms with Crippen molar-refractivity contribution in [2.75, 3.05) is 11.9 Å². The fourth-order valence-electron chi connectivity index (χ4n) is 3.17. The average molecular weight is 457 g/mol. The largest absolute Gasteiger partial charge is 0.435 e. The number of carbonyl (C=O) groups is 1. The first-order valence-corrected chi connectivity index (χ1v) is 9.85. The van der Waals surface area contributed by atoms with Crippen molar-refractivity contribution in [2.24, 2.45) is 0 Å². The zero-order valence-electron chi connectivity index (χ0n) is 16.7. The van der Waals surface area contributed by atoms with Crippen LogP contribution in [-0.2, 0) is 6.18 Å². The van der Waals surface area contributed by atoms with Gasteiger partial charge < -0.3 is 0 Å². The number of pyridine rings is 1. The molecule has 0 unspecified atom stereocenters. The number of halogens is 4. The molecule has 0 bridgehead atoms. The van der Waals surface area contributed by atoms with E-state index in [0.717, 1.165) is 10.7 Å². The van der Waals surface area contributed by atoms with E-state index in [1.54, 1.807) is 80.0 Å². The summed E-state index contributed by atoms with van der Waals surface area (Å²) >= 11 is 6.20. The molecule has 2 aromatic heterocycles. The van der Waals surface area contributed by atoms with E-state index in [1.807, 2.05) is 0 Å². The van der Waals surface area contributed by atoms with Gasteiger partial charge in [-0.15, -0.1) is 0 Å². The Morgan fingerprint density at radius 2 is 1.69 bits per heavy atom. The molecule has 0 N–H and O–H groups in total. The Hall–Kier alpha value is -3.65. The van der Waals surface area contributed by atoms with Crippen molar-refractivity contribution in [1.82, 2.24) is 14.8 Å². The number of anilines is 1. The van der Waals surface area contributed by atoms with Crippen LogP contribution in [0.5, 0.6) is 0 Å². The summed E-state index contributed by atoms with van der Waals surface area (Å²) in [7, 11) is 1.60. The number of hydrogen-bond donors (Lipinski definition) is 0. The molecule has 32 heavy (non-hydrogen) atoms. The molecule has 2 aromatic carbocycles. The van der Waals surface area contributed by atoms with Crippen LogP contribution < -0.4 is 4.90 Å². The molecule has 1 amide bonds. The standard InChI is InChI=1S/C23H16ClF3N4O/c1-30(21-8-4-5-13-28-21)22(32)16-11-9-15(10-12-16)19-14-20(23(25,26)27)29-31(19)18-7-3-2-6-17(18)24/h2-14H,1H3. The Balaban J connectivity index is 1.72. The Morgan fingerprint density at radius 3 is 2.31 bits per heavy atom. The molecule has 4 rings (SSSR count). The van der Waals surface area contributed by atoms with E-state index in [0.29, 0.717) is 22.6 Å². The van der Waals surface area contributed by atoms with E-state index in [1.165, 1.54) is 4.90 Å². The number of hydrogen-bond acceptors (Lipinski definition) is 3. The second-order valence-electron chi connectivity index (χ2n) is 6.91. The maximum atomic E-state index is 13.4. The molecule has 0 aliphatic carbocycles. The van der Waals surface area contributed by atoms with E-state index >= 15 is 0 Å². The lowest BCUT2D eigenvalue weighted by Crippen LogP contribution is -2.26. The van der Waals surface area contributed by atoms with Crippen LogP contribution >= 0.6 is 11.6 Å². The predicted octanol–water partition coefficient (Wildman–Crippen LogP) is 5.88. The molecule has 9 heteroatoms. The van der Waals surface area contributed by atoms with Gasteiger partial charge in [-0.3, -0.25) is 9.69 Å². The third-order valence-corrected chi connectivity index (χ3v) is 5.13. The molecule has 0 radical (unpaired) electrons. The van der Waals surface area contributed by atoms with Crippen molar-refractivity contribution in [3.63, 3.8) is 0 Å². The van der Waals surface area contributed by atoms with Gasteiger partial charge in [-0.05, 0) is 42.5 Å². The zero-order chi connectivity index (χ0) is 22.9. The topological polar surface area (TPSA) is 51.0 Å². The number of nitrogens with zero attached hydrogens (tertiary/aromatic N) is 4. The second-order valence-corrected chi connectivity index (χ2v) is 7.31. The Morgan fingerprint density at radius 1 is 1.00 bits per heavy atom. The number of para-hydroxylation sites is 1. The van der Waals surface area contributed by atoms with Gasteiger partial charge in [0.2, 0.25) is 0 Å². The summed E-state index contributed by atoms with van der Waals surface area (Å²) in [5.74, 6) is 0.180. The molecule has 162 valence electrons. The van der Waals surface area contributed by atoms with Gasteiger partial charge in [-0.1, -0.05) is 41.9 Å². The third kappa shape index (κ3) is 4.22. The summed E-state index contributed by atoms with van der Waals surface area (Å²) in [6.45, 7) is 0. The van der Waals surface area contributed by atoms with Crippen molar-refractivity contribution < 1.29 is 18.0 Å². The smallest absolute Gasteiger partial charge is 0.296 e. The van der Waals surface area contributed by atoms with Gasteiger partial charge in [-0.25, -0.2) is 9.67 Å². The molecule has 0 saturated carbocycles. The maximum Gasteiger partial charge on any atom is 0.435 e. The minimum Gasteiger partial charge on any atom is -0.296 e. The number of benzene rings is 2. The summed E-state index contributed by atoms with van der Waals surface area (Å²) in [6, 6.07) is 18.9. The molecular weight excluding hydrogens is 441 g/mol. The highest BCUT2D eigenvalue weighted by Crippen LogP contribution is 2.34. The van der Waals surface area contributed by atoms with Crippen LogP contribution in [0.15, 0.2) is 79.0 Å². The number of amides is 1. The molecule has 4 aromatic rings.